The van der Waals surface area contributed by atoms with E-state index >= 15 is 0 Å². The number of nitro benzene ring substituents is 1. The van der Waals surface area contributed by atoms with Crippen molar-refractivity contribution in [1.82, 2.24) is 0 Å². The van der Waals surface area contributed by atoms with Crippen LogP contribution in [0.15, 0.2) is 40.9 Å². The van der Waals surface area contributed by atoms with Crippen LogP contribution >= 0.6 is 39.1 Å². The van der Waals surface area contributed by atoms with Gasteiger partial charge in [-0.25, -0.2) is 0 Å². The quantitative estimate of drug-likeness (QED) is 0.584. The fourth-order valence-corrected chi connectivity index (χ4v) is 2.57. The van der Waals surface area contributed by atoms with Gasteiger partial charge in [0.2, 0.25) is 0 Å². The molecule has 0 unspecified atom stereocenters. The number of benzene rings is 2. The molecule has 0 radical (unpaired) electrons. The van der Waals surface area contributed by atoms with Gasteiger partial charge in [0.05, 0.1) is 4.92 Å². The van der Waals surface area contributed by atoms with Gasteiger partial charge in [0.1, 0.15) is 5.69 Å². The minimum Gasteiger partial charge on any atom is -0.375 e. The van der Waals surface area contributed by atoms with Crippen LogP contribution in [0.25, 0.3) is 0 Å². The van der Waals surface area contributed by atoms with Crippen LogP contribution in [-0.4, -0.2) is 4.92 Å². The normalized spacial score (nSPS) is 10.3. The predicted molar refractivity (Wildman–Crippen MR) is 84.6 cm³/mol. The maximum Gasteiger partial charge on any atom is 0.293 e. The van der Waals surface area contributed by atoms with E-state index in [4.69, 9.17) is 23.2 Å². The average molecular weight is 376 g/mol. The summed E-state index contributed by atoms with van der Waals surface area (Å²) in [5.41, 5.74) is 1.10. The van der Waals surface area contributed by atoms with Crippen molar-refractivity contribution in [3.05, 3.63) is 66.6 Å². The number of nitrogens with zero attached hydrogens (tertiary/aromatic N) is 1. The topological polar surface area (TPSA) is 55.2 Å². The molecule has 0 amide bonds. The van der Waals surface area contributed by atoms with E-state index in [2.05, 4.69) is 21.2 Å². The van der Waals surface area contributed by atoms with Gasteiger partial charge >= 0.3 is 0 Å². The Hall–Kier alpha value is -1.30. The number of anilines is 1. The molecule has 0 saturated carbocycles. The zero-order chi connectivity index (χ0) is 14.7. The third-order valence-electron chi connectivity index (χ3n) is 2.67. The Morgan fingerprint density at radius 1 is 1.20 bits per heavy atom. The van der Waals surface area contributed by atoms with Gasteiger partial charge in [0, 0.05) is 32.7 Å². The van der Waals surface area contributed by atoms with Crippen LogP contribution in [0, 0.1) is 10.1 Å². The summed E-state index contributed by atoms with van der Waals surface area (Å²) in [5, 5.41) is 15.0. The van der Waals surface area contributed by atoms with Gasteiger partial charge in [-0.3, -0.25) is 10.1 Å². The third-order valence-corrected chi connectivity index (χ3v) is 3.88. The zero-order valence-corrected chi connectivity index (χ0v) is 13.2. The average Bonchev–Trinajstić information content (AvgIpc) is 2.39. The van der Waals surface area contributed by atoms with Gasteiger partial charge in [0.15, 0.2) is 0 Å². The first kappa shape index (κ1) is 15.1. The Kier molecular flexibility index (Phi) is 4.86. The first-order valence-corrected chi connectivity index (χ1v) is 7.14. The second kappa shape index (κ2) is 6.43. The van der Waals surface area contributed by atoms with Crippen molar-refractivity contribution in [2.45, 2.75) is 6.54 Å². The van der Waals surface area contributed by atoms with Gasteiger partial charge in [-0.2, -0.15) is 0 Å². The molecule has 104 valence electrons. The summed E-state index contributed by atoms with van der Waals surface area (Å²) in [7, 11) is 0. The molecule has 2 rings (SSSR count). The van der Waals surface area contributed by atoms with Crippen molar-refractivity contribution in [2.24, 2.45) is 0 Å². The second-order valence-corrected chi connectivity index (χ2v) is 5.70. The number of hydrogen-bond acceptors (Lipinski definition) is 3. The number of nitro groups is 1. The van der Waals surface area contributed by atoms with Gasteiger partial charge < -0.3 is 5.32 Å². The summed E-state index contributed by atoms with van der Waals surface area (Å²) >= 11 is 15.3. The SMILES string of the molecule is O=[N+]([O-])c1cc(Br)ccc1NCc1c(Cl)cccc1Cl. The standard InChI is InChI=1S/C13H9BrCl2N2O2/c14-8-4-5-12(13(6-8)18(19)20)17-7-9-10(15)2-1-3-11(9)16/h1-6,17H,7H2. The monoisotopic (exact) mass is 374 g/mol. The van der Waals surface area contributed by atoms with E-state index in [0.29, 0.717) is 32.3 Å². The summed E-state index contributed by atoms with van der Waals surface area (Å²) in [4.78, 5) is 10.6. The molecule has 0 fully saturated rings. The van der Waals surface area contributed by atoms with E-state index in [1.54, 1.807) is 30.3 Å². The number of halogens is 3. The molecule has 2 aromatic rings. The van der Waals surface area contributed by atoms with E-state index in [1.807, 2.05) is 0 Å². The highest BCUT2D eigenvalue weighted by atomic mass is 79.9. The molecule has 2 aromatic carbocycles. The summed E-state index contributed by atoms with van der Waals surface area (Å²) in [6.07, 6.45) is 0. The number of nitrogens with one attached hydrogen (secondary N) is 1. The molecule has 0 aromatic heterocycles. The predicted octanol–water partition coefficient (Wildman–Crippen LogP) is 5.28. The van der Waals surface area contributed by atoms with Crippen LogP contribution < -0.4 is 5.32 Å². The lowest BCUT2D eigenvalue weighted by atomic mass is 10.2. The van der Waals surface area contributed by atoms with Crippen LogP contribution in [0.5, 0.6) is 0 Å². The Labute approximate surface area is 134 Å². The van der Waals surface area contributed by atoms with Gasteiger partial charge in [0.25, 0.3) is 5.69 Å². The molecule has 4 nitrogen and oxygen atoms in total. The molecule has 0 atom stereocenters. The lowest BCUT2D eigenvalue weighted by molar-refractivity contribution is -0.384. The van der Waals surface area contributed by atoms with E-state index in [9.17, 15) is 10.1 Å². The number of rotatable bonds is 4. The van der Waals surface area contributed by atoms with Crippen molar-refractivity contribution in [3.8, 4) is 0 Å². The molecule has 0 aliphatic rings. The van der Waals surface area contributed by atoms with Crippen LogP contribution in [-0.2, 0) is 6.54 Å². The molecule has 0 aliphatic carbocycles. The highest BCUT2D eigenvalue weighted by molar-refractivity contribution is 9.10. The molecule has 0 saturated heterocycles. The Morgan fingerprint density at radius 3 is 2.45 bits per heavy atom. The van der Waals surface area contributed by atoms with Crippen LogP contribution in [0.2, 0.25) is 10.0 Å². The Bertz CT molecular complexity index is 645. The lowest BCUT2D eigenvalue weighted by Gasteiger charge is -2.10. The third kappa shape index (κ3) is 3.42. The first-order valence-electron chi connectivity index (χ1n) is 5.59. The van der Waals surface area contributed by atoms with Crippen molar-refractivity contribution in [3.63, 3.8) is 0 Å². The molecular formula is C13H9BrCl2N2O2. The molecule has 0 heterocycles. The van der Waals surface area contributed by atoms with Crippen LogP contribution in [0.1, 0.15) is 5.56 Å². The van der Waals surface area contributed by atoms with Crippen LogP contribution in [0.4, 0.5) is 11.4 Å². The summed E-state index contributed by atoms with van der Waals surface area (Å²) in [6.45, 7) is 0.307. The lowest BCUT2D eigenvalue weighted by Crippen LogP contribution is -2.03. The maximum absolute atomic E-state index is 11.0. The smallest absolute Gasteiger partial charge is 0.293 e. The first-order chi connectivity index (χ1) is 9.49. The molecule has 0 aliphatic heterocycles. The van der Waals surface area contributed by atoms with Gasteiger partial charge in [-0.1, -0.05) is 45.2 Å². The second-order valence-electron chi connectivity index (χ2n) is 3.97. The van der Waals surface area contributed by atoms with E-state index < -0.39 is 4.92 Å². The summed E-state index contributed by atoms with van der Waals surface area (Å²) < 4.78 is 0.644. The van der Waals surface area contributed by atoms with Crippen molar-refractivity contribution >= 4 is 50.5 Å². The fourth-order valence-electron chi connectivity index (χ4n) is 1.69. The van der Waals surface area contributed by atoms with Gasteiger partial charge in [-0.05, 0) is 24.3 Å². The van der Waals surface area contributed by atoms with Gasteiger partial charge in [-0.15, -0.1) is 0 Å². The van der Waals surface area contributed by atoms with E-state index in [0.717, 1.165) is 0 Å². The molecule has 7 heteroatoms. The summed E-state index contributed by atoms with van der Waals surface area (Å²) in [6, 6.07) is 9.99. The Balaban J connectivity index is 2.25. The summed E-state index contributed by atoms with van der Waals surface area (Å²) in [5.74, 6) is 0. The molecular weight excluding hydrogens is 367 g/mol. The number of hydrogen-bond donors (Lipinski definition) is 1. The highest BCUT2D eigenvalue weighted by Crippen LogP contribution is 2.30. The van der Waals surface area contributed by atoms with Crippen LogP contribution in [0.3, 0.4) is 0 Å². The van der Waals surface area contributed by atoms with Crippen molar-refractivity contribution in [2.75, 3.05) is 5.32 Å². The molecule has 1 N–H and O–H groups in total. The Morgan fingerprint density at radius 2 is 1.85 bits per heavy atom. The van der Waals surface area contributed by atoms with E-state index in [-0.39, 0.29) is 5.69 Å². The molecule has 0 bridgehead atoms. The minimum absolute atomic E-state index is 0.0115. The minimum atomic E-state index is -0.443. The fraction of sp³-hybridized carbons (Fsp3) is 0.0769. The highest BCUT2D eigenvalue weighted by Gasteiger charge is 2.14. The maximum atomic E-state index is 11.0. The molecule has 0 spiro atoms. The largest absolute Gasteiger partial charge is 0.375 e. The zero-order valence-electron chi connectivity index (χ0n) is 10.1. The van der Waals surface area contributed by atoms with E-state index in [1.165, 1.54) is 6.07 Å². The molecule has 20 heavy (non-hydrogen) atoms. The van der Waals surface area contributed by atoms with Crippen molar-refractivity contribution < 1.29 is 4.92 Å². The van der Waals surface area contributed by atoms with Crippen molar-refractivity contribution in [1.29, 1.82) is 0 Å².